The minimum absolute atomic E-state index is 0.309. The first-order chi connectivity index (χ1) is 10.1. The third-order valence-electron chi connectivity index (χ3n) is 4.32. The van der Waals surface area contributed by atoms with Crippen LogP contribution in [0.5, 0.6) is 0 Å². The fourth-order valence-corrected chi connectivity index (χ4v) is 3.59. The maximum Gasteiger partial charge on any atom is 0.130 e. The minimum Gasteiger partial charge on any atom is -0.388 e. The summed E-state index contributed by atoms with van der Waals surface area (Å²) in [4.78, 5) is 2.36. The van der Waals surface area contributed by atoms with Crippen LogP contribution in [0.3, 0.4) is 0 Å². The van der Waals surface area contributed by atoms with Gasteiger partial charge in [-0.1, -0.05) is 29.9 Å². The Morgan fingerprint density at radius 3 is 3.05 bits per heavy atom. The standard InChI is InChI=1S/C17H19FINO/c18-16-9-14(19)5-6-15(16)17(21)7-8-20-10-12-3-1-2-4-13(12)11-20/h1-3,5-6,9,13,17,21H,4,7-8,10-11H2. The number of hydrogen-bond donors (Lipinski definition) is 1. The predicted octanol–water partition coefficient (Wildman–Crippen LogP) is 3.67. The molecule has 1 saturated heterocycles. The fourth-order valence-electron chi connectivity index (χ4n) is 3.13. The quantitative estimate of drug-likeness (QED) is 0.782. The van der Waals surface area contributed by atoms with Crippen LogP contribution in [-0.2, 0) is 0 Å². The highest BCUT2D eigenvalue weighted by atomic mass is 127. The van der Waals surface area contributed by atoms with Crippen LogP contribution in [0, 0.1) is 15.3 Å². The average molecular weight is 399 g/mol. The van der Waals surface area contributed by atoms with Gasteiger partial charge in [0, 0.05) is 28.8 Å². The maximum atomic E-state index is 13.8. The number of nitrogens with zero attached hydrogens (tertiary/aromatic N) is 1. The molecule has 0 spiro atoms. The molecule has 3 rings (SSSR count). The molecule has 1 aromatic rings. The van der Waals surface area contributed by atoms with Crippen LogP contribution in [0.25, 0.3) is 0 Å². The van der Waals surface area contributed by atoms with E-state index >= 15 is 0 Å². The Kier molecular flexibility index (Phi) is 4.76. The SMILES string of the molecule is OC(CCN1CC2=CC=CCC2C1)c1ccc(I)cc1F. The molecule has 4 heteroatoms. The Labute approximate surface area is 138 Å². The summed E-state index contributed by atoms with van der Waals surface area (Å²) < 4.78 is 14.7. The zero-order valence-corrected chi connectivity index (χ0v) is 14.0. The highest BCUT2D eigenvalue weighted by Gasteiger charge is 2.27. The van der Waals surface area contributed by atoms with Crippen molar-refractivity contribution in [2.24, 2.45) is 5.92 Å². The number of benzene rings is 1. The van der Waals surface area contributed by atoms with Gasteiger partial charge in [0.05, 0.1) is 6.10 Å². The first-order valence-corrected chi connectivity index (χ1v) is 8.42. The van der Waals surface area contributed by atoms with Crippen LogP contribution in [0.2, 0.25) is 0 Å². The van der Waals surface area contributed by atoms with Gasteiger partial charge < -0.3 is 5.11 Å². The molecule has 0 saturated carbocycles. The predicted molar refractivity (Wildman–Crippen MR) is 90.5 cm³/mol. The van der Waals surface area contributed by atoms with Gasteiger partial charge >= 0.3 is 0 Å². The Morgan fingerprint density at radius 1 is 1.43 bits per heavy atom. The van der Waals surface area contributed by atoms with Gasteiger partial charge in [-0.25, -0.2) is 4.39 Å². The van der Waals surface area contributed by atoms with E-state index in [1.807, 2.05) is 6.07 Å². The van der Waals surface area contributed by atoms with Gasteiger partial charge in [-0.2, -0.15) is 0 Å². The van der Waals surface area contributed by atoms with Crippen molar-refractivity contribution in [1.82, 2.24) is 4.90 Å². The summed E-state index contributed by atoms with van der Waals surface area (Å²) in [7, 11) is 0. The smallest absolute Gasteiger partial charge is 0.130 e. The first kappa shape index (κ1) is 15.2. The third-order valence-corrected chi connectivity index (χ3v) is 4.99. The van der Waals surface area contributed by atoms with Gasteiger partial charge in [-0.15, -0.1) is 0 Å². The molecule has 0 aromatic heterocycles. The van der Waals surface area contributed by atoms with Gasteiger partial charge in [0.25, 0.3) is 0 Å². The lowest BCUT2D eigenvalue weighted by Crippen LogP contribution is -2.23. The molecule has 0 radical (unpaired) electrons. The average Bonchev–Trinajstić information content (AvgIpc) is 2.87. The zero-order chi connectivity index (χ0) is 14.8. The normalized spacial score (nSPS) is 23.0. The van der Waals surface area contributed by atoms with E-state index in [4.69, 9.17) is 0 Å². The number of aliphatic hydroxyl groups is 1. The molecule has 1 fully saturated rings. The third kappa shape index (κ3) is 3.55. The van der Waals surface area contributed by atoms with Crippen molar-refractivity contribution in [3.05, 3.63) is 57.0 Å². The van der Waals surface area contributed by atoms with E-state index in [1.54, 1.807) is 6.07 Å². The van der Waals surface area contributed by atoms with Crippen LogP contribution in [-0.4, -0.2) is 29.6 Å². The van der Waals surface area contributed by atoms with E-state index < -0.39 is 6.10 Å². The number of aliphatic hydroxyl groups excluding tert-OH is 1. The van der Waals surface area contributed by atoms with E-state index in [1.165, 1.54) is 11.6 Å². The Bertz CT molecular complexity index is 584. The minimum atomic E-state index is -0.725. The highest BCUT2D eigenvalue weighted by molar-refractivity contribution is 14.1. The molecule has 1 aliphatic carbocycles. The van der Waals surface area contributed by atoms with Gasteiger partial charge in [0.2, 0.25) is 0 Å². The van der Waals surface area contributed by atoms with Crippen LogP contribution in [0.4, 0.5) is 4.39 Å². The summed E-state index contributed by atoms with van der Waals surface area (Å²) in [5.41, 5.74) is 1.90. The highest BCUT2D eigenvalue weighted by Crippen LogP contribution is 2.30. The molecule has 2 atom stereocenters. The Morgan fingerprint density at radius 2 is 2.29 bits per heavy atom. The maximum absolute atomic E-state index is 13.8. The lowest BCUT2D eigenvalue weighted by molar-refractivity contribution is 0.144. The van der Waals surface area contributed by atoms with Crippen LogP contribution >= 0.6 is 22.6 Å². The second-order valence-corrected chi connectivity index (χ2v) is 7.05. The molecular weight excluding hydrogens is 380 g/mol. The van der Waals surface area contributed by atoms with Gasteiger partial charge in [-0.05, 0) is 53.5 Å². The Balaban J connectivity index is 1.56. The molecule has 2 aliphatic rings. The number of fused-ring (bicyclic) bond motifs is 1. The summed E-state index contributed by atoms with van der Waals surface area (Å²) in [5, 5.41) is 10.2. The molecule has 0 amide bonds. The van der Waals surface area contributed by atoms with E-state index in [0.29, 0.717) is 17.9 Å². The molecular formula is C17H19FINO. The first-order valence-electron chi connectivity index (χ1n) is 7.34. The van der Waals surface area contributed by atoms with Crippen molar-refractivity contribution in [2.75, 3.05) is 19.6 Å². The van der Waals surface area contributed by atoms with Crippen molar-refractivity contribution >= 4 is 22.6 Å². The van der Waals surface area contributed by atoms with Crippen molar-refractivity contribution in [1.29, 1.82) is 0 Å². The second kappa shape index (κ2) is 6.58. The van der Waals surface area contributed by atoms with E-state index in [9.17, 15) is 9.50 Å². The number of halogens is 2. The zero-order valence-electron chi connectivity index (χ0n) is 11.8. The summed E-state index contributed by atoms with van der Waals surface area (Å²) in [6.07, 6.45) is 7.53. The Hall–Kier alpha value is -0.720. The molecule has 2 unspecified atom stereocenters. The molecule has 1 aliphatic heterocycles. The van der Waals surface area contributed by atoms with E-state index in [2.05, 4.69) is 45.7 Å². The van der Waals surface area contributed by atoms with E-state index in [-0.39, 0.29) is 5.82 Å². The topological polar surface area (TPSA) is 23.5 Å². The lowest BCUT2D eigenvalue weighted by atomic mass is 9.95. The molecule has 0 bridgehead atoms. The van der Waals surface area contributed by atoms with Crippen molar-refractivity contribution < 1.29 is 9.50 Å². The summed E-state index contributed by atoms with van der Waals surface area (Å²) in [6, 6.07) is 5.00. The lowest BCUT2D eigenvalue weighted by Gasteiger charge is -2.18. The van der Waals surface area contributed by atoms with Crippen LogP contribution in [0.1, 0.15) is 24.5 Å². The van der Waals surface area contributed by atoms with Gasteiger partial charge in [-0.3, -0.25) is 4.90 Å². The monoisotopic (exact) mass is 399 g/mol. The summed E-state index contributed by atoms with van der Waals surface area (Å²) in [5.74, 6) is 0.332. The molecule has 1 N–H and O–H groups in total. The molecule has 1 heterocycles. The van der Waals surface area contributed by atoms with Crippen LogP contribution in [0.15, 0.2) is 42.0 Å². The number of likely N-dealkylation sites (tertiary alicyclic amines) is 1. The van der Waals surface area contributed by atoms with Crippen molar-refractivity contribution in [3.63, 3.8) is 0 Å². The second-order valence-electron chi connectivity index (χ2n) is 5.81. The van der Waals surface area contributed by atoms with Crippen molar-refractivity contribution in [2.45, 2.75) is 18.9 Å². The summed E-state index contributed by atoms with van der Waals surface area (Å²) in [6.45, 7) is 2.84. The molecule has 112 valence electrons. The van der Waals surface area contributed by atoms with Crippen LogP contribution < -0.4 is 0 Å². The number of hydrogen-bond acceptors (Lipinski definition) is 2. The van der Waals surface area contributed by atoms with Gasteiger partial charge in [0.15, 0.2) is 0 Å². The fraction of sp³-hybridized carbons (Fsp3) is 0.412. The van der Waals surface area contributed by atoms with Crippen molar-refractivity contribution in [3.8, 4) is 0 Å². The van der Waals surface area contributed by atoms with Gasteiger partial charge in [0.1, 0.15) is 5.82 Å². The number of rotatable bonds is 4. The largest absolute Gasteiger partial charge is 0.388 e. The molecule has 21 heavy (non-hydrogen) atoms. The molecule has 1 aromatic carbocycles. The number of allylic oxidation sites excluding steroid dienone is 3. The summed E-state index contributed by atoms with van der Waals surface area (Å²) >= 11 is 2.07. The molecule has 2 nitrogen and oxygen atoms in total. The van der Waals surface area contributed by atoms with E-state index in [0.717, 1.165) is 29.6 Å².